The van der Waals surface area contributed by atoms with Crippen molar-refractivity contribution in [3.63, 3.8) is 0 Å². The van der Waals surface area contributed by atoms with Crippen molar-refractivity contribution in [1.82, 2.24) is 4.98 Å². The SMILES string of the molecule is COc1ccc(C=CCCCl)c(C)n1. The summed E-state index contributed by atoms with van der Waals surface area (Å²) in [6.07, 6.45) is 4.96. The molecule has 0 saturated carbocycles. The first-order chi connectivity index (χ1) is 6.77. The average molecular weight is 212 g/mol. The summed E-state index contributed by atoms with van der Waals surface area (Å²) in [5.41, 5.74) is 2.08. The maximum atomic E-state index is 5.57. The normalized spacial score (nSPS) is 10.8. The van der Waals surface area contributed by atoms with Gasteiger partial charge in [0.25, 0.3) is 0 Å². The topological polar surface area (TPSA) is 22.1 Å². The first-order valence-electron chi connectivity index (χ1n) is 4.52. The molecule has 1 heterocycles. The zero-order chi connectivity index (χ0) is 10.4. The molecular weight excluding hydrogens is 198 g/mol. The van der Waals surface area contributed by atoms with Crippen molar-refractivity contribution in [3.05, 3.63) is 29.5 Å². The van der Waals surface area contributed by atoms with Crippen LogP contribution in [0, 0.1) is 6.92 Å². The molecule has 0 unspecified atom stereocenters. The van der Waals surface area contributed by atoms with Crippen molar-refractivity contribution >= 4 is 17.7 Å². The highest BCUT2D eigenvalue weighted by Gasteiger charge is 1.97. The monoisotopic (exact) mass is 211 g/mol. The standard InChI is InChI=1S/C11H14ClNO/c1-9-10(5-3-4-8-12)6-7-11(13-9)14-2/h3,5-7H,4,8H2,1-2H3. The average Bonchev–Trinajstić information content (AvgIpc) is 2.20. The summed E-state index contributed by atoms with van der Waals surface area (Å²) in [5.74, 6) is 1.30. The Morgan fingerprint density at radius 2 is 2.29 bits per heavy atom. The summed E-state index contributed by atoms with van der Waals surface area (Å²) in [4.78, 5) is 4.26. The van der Waals surface area contributed by atoms with Gasteiger partial charge >= 0.3 is 0 Å². The maximum Gasteiger partial charge on any atom is 0.213 e. The second kappa shape index (κ2) is 5.66. The quantitative estimate of drug-likeness (QED) is 0.715. The number of methoxy groups -OCH3 is 1. The lowest BCUT2D eigenvalue weighted by atomic mass is 10.2. The van der Waals surface area contributed by atoms with E-state index in [0.717, 1.165) is 17.7 Å². The number of aromatic nitrogens is 1. The van der Waals surface area contributed by atoms with E-state index in [1.807, 2.05) is 31.2 Å². The Bertz CT molecular complexity index is 323. The predicted octanol–water partition coefficient (Wildman–Crippen LogP) is 3.04. The number of alkyl halides is 1. The molecule has 1 aromatic heterocycles. The van der Waals surface area contributed by atoms with Gasteiger partial charge in [-0.15, -0.1) is 11.6 Å². The zero-order valence-electron chi connectivity index (χ0n) is 8.46. The molecule has 0 aliphatic rings. The first-order valence-corrected chi connectivity index (χ1v) is 5.05. The highest BCUT2D eigenvalue weighted by atomic mass is 35.5. The third-order valence-electron chi connectivity index (χ3n) is 1.88. The smallest absolute Gasteiger partial charge is 0.213 e. The first kappa shape index (κ1) is 11.1. The molecule has 0 aromatic carbocycles. The van der Waals surface area contributed by atoms with Crippen LogP contribution >= 0.6 is 11.6 Å². The van der Waals surface area contributed by atoms with Gasteiger partial charge in [0, 0.05) is 17.6 Å². The highest BCUT2D eigenvalue weighted by Crippen LogP contribution is 2.13. The van der Waals surface area contributed by atoms with Crippen molar-refractivity contribution in [2.75, 3.05) is 13.0 Å². The van der Waals surface area contributed by atoms with Gasteiger partial charge in [-0.2, -0.15) is 0 Å². The van der Waals surface area contributed by atoms with E-state index in [4.69, 9.17) is 16.3 Å². The number of halogens is 1. The van der Waals surface area contributed by atoms with Gasteiger partial charge in [-0.3, -0.25) is 0 Å². The Kier molecular flexibility index (Phi) is 4.47. The van der Waals surface area contributed by atoms with Crippen LogP contribution < -0.4 is 4.74 Å². The molecule has 0 aliphatic heterocycles. The summed E-state index contributed by atoms with van der Waals surface area (Å²) < 4.78 is 5.02. The number of aryl methyl sites for hydroxylation is 1. The number of rotatable bonds is 4. The third-order valence-corrected chi connectivity index (χ3v) is 2.10. The summed E-state index contributed by atoms with van der Waals surface area (Å²) in [6.45, 7) is 1.96. The molecule has 0 N–H and O–H groups in total. The van der Waals surface area contributed by atoms with E-state index in [1.54, 1.807) is 7.11 Å². The van der Waals surface area contributed by atoms with Gasteiger partial charge < -0.3 is 4.74 Å². The minimum Gasteiger partial charge on any atom is -0.481 e. The third kappa shape index (κ3) is 3.04. The molecule has 14 heavy (non-hydrogen) atoms. The number of hydrogen-bond donors (Lipinski definition) is 0. The molecule has 0 amide bonds. The molecule has 0 aliphatic carbocycles. The number of nitrogens with zero attached hydrogens (tertiary/aromatic N) is 1. The fourth-order valence-electron chi connectivity index (χ4n) is 1.11. The summed E-state index contributed by atoms with van der Waals surface area (Å²) in [6, 6.07) is 3.85. The summed E-state index contributed by atoms with van der Waals surface area (Å²) in [7, 11) is 1.62. The zero-order valence-corrected chi connectivity index (χ0v) is 9.21. The molecule has 1 rings (SSSR count). The largest absolute Gasteiger partial charge is 0.481 e. The molecule has 1 aromatic rings. The molecular formula is C11H14ClNO. The van der Waals surface area contributed by atoms with Gasteiger partial charge in [0.2, 0.25) is 5.88 Å². The molecule has 0 fully saturated rings. The van der Waals surface area contributed by atoms with Crippen LogP contribution in [0.5, 0.6) is 5.88 Å². The highest BCUT2D eigenvalue weighted by molar-refractivity contribution is 6.17. The fraction of sp³-hybridized carbons (Fsp3) is 0.364. The van der Waals surface area contributed by atoms with E-state index in [-0.39, 0.29) is 0 Å². The Hall–Kier alpha value is -1.02. The Balaban J connectivity index is 2.78. The Labute approximate surface area is 89.6 Å². The summed E-state index contributed by atoms with van der Waals surface area (Å²) in [5, 5.41) is 0. The molecule has 0 bridgehead atoms. The van der Waals surface area contributed by atoms with Crippen LogP contribution in [0.4, 0.5) is 0 Å². The van der Waals surface area contributed by atoms with E-state index in [9.17, 15) is 0 Å². The summed E-state index contributed by atoms with van der Waals surface area (Å²) >= 11 is 5.57. The van der Waals surface area contributed by atoms with Crippen LogP contribution in [0.1, 0.15) is 17.7 Å². The van der Waals surface area contributed by atoms with Gasteiger partial charge in [-0.25, -0.2) is 4.98 Å². The van der Waals surface area contributed by atoms with Gasteiger partial charge in [-0.05, 0) is 25.0 Å². The van der Waals surface area contributed by atoms with Crippen molar-refractivity contribution in [2.45, 2.75) is 13.3 Å². The van der Waals surface area contributed by atoms with Crippen LogP contribution in [0.15, 0.2) is 18.2 Å². The van der Waals surface area contributed by atoms with E-state index in [1.165, 1.54) is 0 Å². The van der Waals surface area contributed by atoms with E-state index >= 15 is 0 Å². The number of allylic oxidation sites excluding steroid dienone is 1. The Morgan fingerprint density at radius 3 is 2.86 bits per heavy atom. The van der Waals surface area contributed by atoms with Crippen molar-refractivity contribution < 1.29 is 4.74 Å². The Morgan fingerprint density at radius 1 is 1.50 bits per heavy atom. The number of pyridine rings is 1. The van der Waals surface area contributed by atoms with Gasteiger partial charge in [0.15, 0.2) is 0 Å². The lowest BCUT2D eigenvalue weighted by molar-refractivity contribution is 0.397. The second-order valence-electron chi connectivity index (χ2n) is 2.91. The molecule has 0 spiro atoms. The van der Waals surface area contributed by atoms with Gasteiger partial charge in [0.05, 0.1) is 7.11 Å². The number of hydrogen-bond acceptors (Lipinski definition) is 2. The minimum atomic E-state index is 0.650. The lowest BCUT2D eigenvalue weighted by Crippen LogP contribution is -1.91. The minimum absolute atomic E-state index is 0.650. The molecule has 3 heteroatoms. The van der Waals surface area contributed by atoms with Crippen LogP contribution in [-0.4, -0.2) is 18.0 Å². The van der Waals surface area contributed by atoms with E-state index in [2.05, 4.69) is 4.98 Å². The predicted molar refractivity (Wildman–Crippen MR) is 59.9 cm³/mol. The van der Waals surface area contributed by atoms with Crippen LogP contribution in [-0.2, 0) is 0 Å². The van der Waals surface area contributed by atoms with Crippen molar-refractivity contribution in [2.24, 2.45) is 0 Å². The van der Waals surface area contributed by atoms with E-state index < -0.39 is 0 Å². The van der Waals surface area contributed by atoms with Crippen LogP contribution in [0.3, 0.4) is 0 Å². The lowest BCUT2D eigenvalue weighted by Gasteiger charge is -2.02. The second-order valence-corrected chi connectivity index (χ2v) is 3.29. The van der Waals surface area contributed by atoms with Crippen LogP contribution in [0.25, 0.3) is 6.08 Å². The van der Waals surface area contributed by atoms with Gasteiger partial charge in [-0.1, -0.05) is 12.2 Å². The molecule has 2 nitrogen and oxygen atoms in total. The molecule has 76 valence electrons. The number of ether oxygens (including phenoxy) is 1. The maximum absolute atomic E-state index is 5.57. The van der Waals surface area contributed by atoms with E-state index in [0.29, 0.717) is 11.8 Å². The molecule has 0 atom stereocenters. The van der Waals surface area contributed by atoms with Crippen LogP contribution in [0.2, 0.25) is 0 Å². The molecule has 0 radical (unpaired) electrons. The molecule has 0 saturated heterocycles. The fourth-order valence-corrected chi connectivity index (χ4v) is 1.24. The van der Waals surface area contributed by atoms with Crippen molar-refractivity contribution in [1.29, 1.82) is 0 Å². The van der Waals surface area contributed by atoms with Crippen molar-refractivity contribution in [3.8, 4) is 5.88 Å². The van der Waals surface area contributed by atoms with Gasteiger partial charge in [0.1, 0.15) is 0 Å².